The van der Waals surface area contributed by atoms with Crippen LogP contribution < -0.4 is 0 Å². The van der Waals surface area contributed by atoms with E-state index in [1.165, 1.54) is 103 Å². The number of allylic oxidation sites excluding steroid dienone is 10. The molecule has 1 unspecified atom stereocenters. The lowest BCUT2D eigenvalue weighted by atomic mass is 10.1. The predicted octanol–water partition coefficient (Wildman–Crippen LogP) is 16.1. The molecule has 0 saturated heterocycles. The molecule has 0 N–H and O–H groups in total. The van der Waals surface area contributed by atoms with Gasteiger partial charge < -0.3 is 14.2 Å². The number of ether oxygens (including phenoxy) is 3. The molecule has 6 heteroatoms. The van der Waals surface area contributed by atoms with Crippen LogP contribution in [-0.2, 0) is 28.6 Å². The van der Waals surface area contributed by atoms with Crippen LogP contribution in [0.2, 0.25) is 0 Å². The van der Waals surface area contributed by atoms with Crippen LogP contribution in [0.1, 0.15) is 239 Å². The maximum atomic E-state index is 12.7. The van der Waals surface area contributed by atoms with Crippen LogP contribution in [0.3, 0.4) is 0 Å². The van der Waals surface area contributed by atoms with E-state index in [0.717, 1.165) is 96.3 Å². The SMILES string of the molecule is CCCCC\C=C/C=C\C=C/C=C\CCCCCCCC(=O)OCC(COC(=O)CCCCCCCCCCCCC)OC(=O)CCCCCCC/C=C\CCCCC. The summed E-state index contributed by atoms with van der Waals surface area (Å²) >= 11 is 0. The smallest absolute Gasteiger partial charge is 0.306 e. The van der Waals surface area contributed by atoms with Crippen molar-refractivity contribution in [3.8, 4) is 0 Å². The van der Waals surface area contributed by atoms with Crippen molar-refractivity contribution in [2.75, 3.05) is 13.2 Å². The van der Waals surface area contributed by atoms with Crippen LogP contribution in [-0.4, -0.2) is 37.2 Å². The Morgan fingerprint density at radius 2 is 0.627 bits per heavy atom. The molecule has 0 bridgehead atoms. The molecule has 0 aliphatic rings. The molecule has 0 amide bonds. The number of esters is 3. The lowest BCUT2D eigenvalue weighted by molar-refractivity contribution is -0.167. The molecule has 340 valence electrons. The molecule has 6 nitrogen and oxygen atoms in total. The van der Waals surface area contributed by atoms with Crippen LogP contribution in [0.5, 0.6) is 0 Å². The third kappa shape index (κ3) is 46.0. The van der Waals surface area contributed by atoms with Gasteiger partial charge in [-0.3, -0.25) is 14.4 Å². The third-order valence-electron chi connectivity index (χ3n) is 10.6. The molecule has 0 radical (unpaired) electrons. The van der Waals surface area contributed by atoms with Gasteiger partial charge >= 0.3 is 17.9 Å². The topological polar surface area (TPSA) is 78.9 Å². The number of carbonyl (C=O) groups is 3. The Morgan fingerprint density at radius 1 is 0.339 bits per heavy atom. The summed E-state index contributed by atoms with van der Waals surface area (Å²) < 4.78 is 16.7. The Bertz CT molecular complexity index is 1090. The lowest BCUT2D eigenvalue weighted by Crippen LogP contribution is -2.30. The van der Waals surface area contributed by atoms with Crippen molar-refractivity contribution in [2.24, 2.45) is 0 Å². The zero-order valence-electron chi connectivity index (χ0n) is 38.8. The second-order valence-corrected chi connectivity index (χ2v) is 16.5. The summed E-state index contributed by atoms with van der Waals surface area (Å²) in [6.45, 7) is 6.54. The molecule has 0 aromatic heterocycles. The van der Waals surface area contributed by atoms with Gasteiger partial charge in [0.2, 0.25) is 0 Å². The average molecular weight is 825 g/mol. The molecule has 0 aliphatic carbocycles. The summed E-state index contributed by atoms with van der Waals surface area (Å²) in [6.07, 6.45) is 57.6. The van der Waals surface area contributed by atoms with Crippen molar-refractivity contribution in [3.63, 3.8) is 0 Å². The molecule has 0 aliphatic heterocycles. The van der Waals surface area contributed by atoms with Crippen molar-refractivity contribution < 1.29 is 28.6 Å². The van der Waals surface area contributed by atoms with Gasteiger partial charge in [0.1, 0.15) is 13.2 Å². The van der Waals surface area contributed by atoms with Gasteiger partial charge in [-0.15, -0.1) is 0 Å². The van der Waals surface area contributed by atoms with Gasteiger partial charge in [0.05, 0.1) is 0 Å². The highest BCUT2D eigenvalue weighted by Gasteiger charge is 2.19. The highest BCUT2D eigenvalue weighted by Crippen LogP contribution is 2.14. The van der Waals surface area contributed by atoms with Crippen LogP contribution in [0.4, 0.5) is 0 Å². The Labute approximate surface area is 364 Å². The van der Waals surface area contributed by atoms with E-state index >= 15 is 0 Å². The van der Waals surface area contributed by atoms with Gasteiger partial charge in [0.25, 0.3) is 0 Å². The number of rotatable bonds is 44. The van der Waals surface area contributed by atoms with Gasteiger partial charge in [0, 0.05) is 19.3 Å². The van der Waals surface area contributed by atoms with E-state index in [1.54, 1.807) is 0 Å². The van der Waals surface area contributed by atoms with Gasteiger partial charge in [0.15, 0.2) is 6.10 Å². The molecule has 0 aromatic carbocycles. The molecule has 0 aromatic rings. The largest absolute Gasteiger partial charge is 0.462 e. The van der Waals surface area contributed by atoms with Crippen molar-refractivity contribution in [2.45, 2.75) is 245 Å². The summed E-state index contributed by atoms with van der Waals surface area (Å²) in [4.78, 5) is 37.8. The van der Waals surface area contributed by atoms with Gasteiger partial charge in [-0.1, -0.05) is 210 Å². The maximum absolute atomic E-state index is 12.7. The van der Waals surface area contributed by atoms with Gasteiger partial charge in [-0.25, -0.2) is 0 Å². The lowest BCUT2D eigenvalue weighted by Gasteiger charge is -2.18. The minimum absolute atomic E-state index is 0.0840. The van der Waals surface area contributed by atoms with E-state index in [9.17, 15) is 14.4 Å². The van der Waals surface area contributed by atoms with Crippen LogP contribution >= 0.6 is 0 Å². The summed E-state index contributed by atoms with van der Waals surface area (Å²) in [5.74, 6) is -0.916. The standard InChI is InChI=1S/C53H92O6/c1-4-7-10-13-16-19-22-24-25-26-27-28-29-32-34-37-40-43-46-52(55)58-49-50(48-57-51(54)45-42-39-36-33-30-21-18-15-12-9-6-3)59-53(56)47-44-41-38-35-31-23-20-17-14-11-8-5-2/h16-17,19-20,22,24-28,50H,4-15,18,21,23,29-49H2,1-3H3/b19-16-,20-17-,24-22-,26-25-,28-27-. The molecule has 59 heavy (non-hydrogen) atoms. The molecule has 0 fully saturated rings. The van der Waals surface area contributed by atoms with E-state index < -0.39 is 6.10 Å². The Morgan fingerprint density at radius 3 is 1.03 bits per heavy atom. The number of unbranched alkanes of at least 4 members (excludes halogenated alkanes) is 26. The van der Waals surface area contributed by atoms with Crippen molar-refractivity contribution in [1.82, 2.24) is 0 Å². The van der Waals surface area contributed by atoms with Crippen LogP contribution in [0, 0.1) is 0 Å². The number of hydrogen-bond acceptors (Lipinski definition) is 6. The van der Waals surface area contributed by atoms with E-state index in [1.807, 2.05) is 0 Å². The van der Waals surface area contributed by atoms with Crippen molar-refractivity contribution in [1.29, 1.82) is 0 Å². The second-order valence-electron chi connectivity index (χ2n) is 16.5. The highest BCUT2D eigenvalue weighted by molar-refractivity contribution is 5.71. The molecule has 0 saturated carbocycles. The molecule has 1 atom stereocenters. The fourth-order valence-electron chi connectivity index (χ4n) is 6.80. The molecule has 0 spiro atoms. The zero-order chi connectivity index (χ0) is 43.0. The van der Waals surface area contributed by atoms with E-state index in [4.69, 9.17) is 14.2 Å². The van der Waals surface area contributed by atoms with E-state index in [-0.39, 0.29) is 31.1 Å². The highest BCUT2D eigenvalue weighted by atomic mass is 16.6. The second kappa shape index (κ2) is 47.8. The fraction of sp³-hybridized carbons (Fsp3) is 0.755. The quantitative estimate of drug-likeness (QED) is 0.0200. The summed E-state index contributed by atoms with van der Waals surface area (Å²) in [5.41, 5.74) is 0. The predicted molar refractivity (Wildman–Crippen MR) is 251 cm³/mol. The average Bonchev–Trinajstić information content (AvgIpc) is 3.23. The van der Waals surface area contributed by atoms with Crippen molar-refractivity contribution >= 4 is 17.9 Å². The Balaban J connectivity index is 4.41. The molecule has 0 heterocycles. The zero-order valence-corrected chi connectivity index (χ0v) is 38.8. The van der Waals surface area contributed by atoms with Crippen LogP contribution in [0.25, 0.3) is 0 Å². The summed E-state index contributed by atoms with van der Waals surface area (Å²) in [5, 5.41) is 0. The van der Waals surface area contributed by atoms with E-state index in [2.05, 4.69) is 81.5 Å². The molecule has 0 rings (SSSR count). The summed E-state index contributed by atoms with van der Waals surface area (Å²) in [6, 6.07) is 0. The Hall–Kier alpha value is -2.89. The van der Waals surface area contributed by atoms with Gasteiger partial charge in [-0.05, 0) is 70.6 Å². The first-order valence-corrected chi connectivity index (χ1v) is 24.8. The third-order valence-corrected chi connectivity index (χ3v) is 10.6. The first kappa shape index (κ1) is 56.1. The van der Waals surface area contributed by atoms with Gasteiger partial charge in [-0.2, -0.15) is 0 Å². The molecular weight excluding hydrogens is 733 g/mol. The first-order valence-electron chi connectivity index (χ1n) is 24.8. The molecular formula is C53H92O6. The first-order chi connectivity index (χ1) is 29.0. The Kier molecular flexibility index (Phi) is 45.4. The van der Waals surface area contributed by atoms with Crippen molar-refractivity contribution in [3.05, 3.63) is 60.8 Å². The fourth-order valence-corrected chi connectivity index (χ4v) is 6.80. The van der Waals surface area contributed by atoms with Crippen LogP contribution in [0.15, 0.2) is 60.8 Å². The maximum Gasteiger partial charge on any atom is 0.306 e. The van der Waals surface area contributed by atoms with E-state index in [0.29, 0.717) is 19.3 Å². The normalized spacial score (nSPS) is 12.5. The minimum atomic E-state index is -0.784. The monoisotopic (exact) mass is 825 g/mol. The summed E-state index contributed by atoms with van der Waals surface area (Å²) in [7, 11) is 0. The number of hydrogen-bond donors (Lipinski definition) is 0. The number of carbonyl (C=O) groups excluding carboxylic acids is 3. The minimum Gasteiger partial charge on any atom is -0.462 e.